The van der Waals surface area contributed by atoms with Crippen LogP contribution in [0, 0.1) is 0 Å². The van der Waals surface area contributed by atoms with Crippen LogP contribution < -0.4 is 10.4 Å². The van der Waals surface area contributed by atoms with Crippen LogP contribution in [0.4, 0.5) is 0 Å². The summed E-state index contributed by atoms with van der Waals surface area (Å²) in [5.74, 6) is 0.834. The lowest BCUT2D eigenvalue weighted by Gasteiger charge is -2.15. The van der Waals surface area contributed by atoms with Crippen LogP contribution in [0.5, 0.6) is 5.75 Å². The third kappa shape index (κ3) is 6.19. The molecule has 39 heavy (non-hydrogen) atoms. The van der Waals surface area contributed by atoms with E-state index in [-0.39, 0.29) is 6.61 Å². The fraction of sp³-hybridized carbons (Fsp3) is 0.226. The van der Waals surface area contributed by atoms with Gasteiger partial charge in [0.1, 0.15) is 29.3 Å². The molecular formula is C31H29N3O4S. The lowest BCUT2D eigenvalue weighted by Crippen LogP contribution is -2.20. The molecule has 198 valence electrons. The van der Waals surface area contributed by atoms with Gasteiger partial charge in [-0.15, -0.1) is 10.2 Å². The molecule has 2 heterocycles. The summed E-state index contributed by atoms with van der Waals surface area (Å²) in [5, 5.41) is 20.9. The summed E-state index contributed by atoms with van der Waals surface area (Å²) in [5.41, 5.74) is 5.98. The molecule has 7 nitrogen and oxygen atoms in total. The first-order valence-electron chi connectivity index (χ1n) is 12.9. The summed E-state index contributed by atoms with van der Waals surface area (Å²) in [7, 11) is 0. The van der Waals surface area contributed by atoms with Gasteiger partial charge in [-0.2, -0.15) is 0 Å². The molecule has 0 aliphatic carbocycles. The van der Waals surface area contributed by atoms with Gasteiger partial charge in [0.05, 0.1) is 6.10 Å². The average Bonchev–Trinajstić information content (AvgIpc) is 2.98. The van der Waals surface area contributed by atoms with Gasteiger partial charge in [0.2, 0.25) is 5.16 Å². The Hall–Kier alpha value is -4.01. The largest absolute Gasteiger partial charge is 0.491 e. The fourth-order valence-corrected chi connectivity index (χ4v) is 5.09. The van der Waals surface area contributed by atoms with E-state index in [2.05, 4.69) is 48.3 Å². The second-order valence-electron chi connectivity index (χ2n) is 9.04. The molecule has 1 atom stereocenters. The van der Waals surface area contributed by atoms with E-state index in [1.165, 1.54) is 29.0 Å². The van der Waals surface area contributed by atoms with Gasteiger partial charge in [-0.25, -0.2) is 9.78 Å². The molecule has 2 aromatic heterocycles. The highest BCUT2D eigenvalue weighted by molar-refractivity contribution is 7.99. The maximum atomic E-state index is 11.5. The number of fused-ring (bicyclic) bond motifs is 1. The van der Waals surface area contributed by atoms with Crippen LogP contribution in [0.3, 0.4) is 0 Å². The maximum Gasteiger partial charge on any atom is 0.336 e. The monoisotopic (exact) mass is 539 g/mol. The number of ether oxygens (including phenoxy) is 1. The highest BCUT2D eigenvalue weighted by atomic mass is 32.2. The standard InChI is InChI=1S/C31H29N3O4S/c1-3-20-9-5-7-11-25(20)29-30(26-12-8-6-10-21(26)4-2)33-34-31(32-29)39-19-23(35)18-37-24-15-13-22-14-16-28(36)38-27(22)17-24/h5-17,23,35H,3-4,18-19H2,1-2H3. The Morgan fingerprint density at radius 3 is 2.26 bits per heavy atom. The third-order valence-corrected chi connectivity index (χ3v) is 7.40. The lowest BCUT2D eigenvalue weighted by molar-refractivity contribution is 0.126. The van der Waals surface area contributed by atoms with Crippen LogP contribution in [0.2, 0.25) is 0 Å². The predicted molar refractivity (Wildman–Crippen MR) is 154 cm³/mol. The van der Waals surface area contributed by atoms with E-state index in [0.29, 0.717) is 22.2 Å². The number of aliphatic hydroxyl groups excluding tert-OH is 1. The minimum absolute atomic E-state index is 0.0660. The number of aromatic nitrogens is 3. The fourth-order valence-electron chi connectivity index (χ4n) is 4.40. The van der Waals surface area contributed by atoms with Crippen LogP contribution in [0.1, 0.15) is 25.0 Å². The van der Waals surface area contributed by atoms with Crippen LogP contribution in [0.15, 0.2) is 93.2 Å². The van der Waals surface area contributed by atoms with E-state index in [9.17, 15) is 9.90 Å². The third-order valence-electron chi connectivity index (χ3n) is 6.42. The van der Waals surface area contributed by atoms with Crippen molar-refractivity contribution in [3.8, 4) is 28.3 Å². The second kappa shape index (κ2) is 12.2. The van der Waals surface area contributed by atoms with Gasteiger partial charge in [0, 0.05) is 34.4 Å². The lowest BCUT2D eigenvalue weighted by atomic mass is 9.95. The van der Waals surface area contributed by atoms with Crippen molar-refractivity contribution in [3.05, 3.63) is 100 Å². The molecular weight excluding hydrogens is 510 g/mol. The highest BCUT2D eigenvalue weighted by Crippen LogP contribution is 2.34. The van der Waals surface area contributed by atoms with Gasteiger partial charge in [0.15, 0.2) is 0 Å². The minimum Gasteiger partial charge on any atom is -0.491 e. The van der Waals surface area contributed by atoms with Crippen molar-refractivity contribution in [2.24, 2.45) is 0 Å². The van der Waals surface area contributed by atoms with Crippen molar-refractivity contribution in [1.82, 2.24) is 15.2 Å². The van der Waals surface area contributed by atoms with Crippen molar-refractivity contribution in [1.29, 1.82) is 0 Å². The Morgan fingerprint density at radius 1 is 0.872 bits per heavy atom. The zero-order chi connectivity index (χ0) is 27.2. The molecule has 3 aromatic carbocycles. The number of benzene rings is 3. The van der Waals surface area contributed by atoms with Crippen molar-refractivity contribution >= 4 is 22.7 Å². The molecule has 0 radical (unpaired) electrons. The minimum atomic E-state index is -0.774. The molecule has 0 spiro atoms. The summed E-state index contributed by atoms with van der Waals surface area (Å²) in [6, 6.07) is 24.7. The molecule has 0 amide bonds. The Kier molecular flexibility index (Phi) is 8.34. The van der Waals surface area contributed by atoms with Crippen molar-refractivity contribution in [2.75, 3.05) is 12.4 Å². The van der Waals surface area contributed by atoms with Gasteiger partial charge >= 0.3 is 5.63 Å². The van der Waals surface area contributed by atoms with E-state index < -0.39 is 11.7 Å². The number of thioether (sulfide) groups is 1. The molecule has 1 unspecified atom stereocenters. The van der Waals surface area contributed by atoms with Crippen molar-refractivity contribution in [3.63, 3.8) is 0 Å². The van der Waals surface area contributed by atoms with E-state index in [0.717, 1.165) is 40.7 Å². The molecule has 5 rings (SSSR count). The maximum absolute atomic E-state index is 11.5. The number of rotatable bonds is 10. The Balaban J connectivity index is 1.35. The van der Waals surface area contributed by atoms with Crippen molar-refractivity contribution in [2.45, 2.75) is 37.9 Å². The summed E-state index contributed by atoms with van der Waals surface area (Å²) in [6.07, 6.45) is 0.966. The van der Waals surface area contributed by atoms with Crippen LogP contribution in [-0.4, -0.2) is 38.8 Å². The van der Waals surface area contributed by atoms with Gasteiger partial charge < -0.3 is 14.3 Å². The Morgan fingerprint density at radius 2 is 1.54 bits per heavy atom. The van der Waals surface area contributed by atoms with Crippen LogP contribution in [-0.2, 0) is 12.8 Å². The molecule has 0 aliphatic rings. The molecule has 8 heteroatoms. The second-order valence-corrected chi connectivity index (χ2v) is 10.0. The van der Waals surface area contributed by atoms with E-state index in [1.54, 1.807) is 18.2 Å². The summed E-state index contributed by atoms with van der Waals surface area (Å²) < 4.78 is 11.0. The van der Waals surface area contributed by atoms with Gasteiger partial charge in [-0.3, -0.25) is 0 Å². The average molecular weight is 540 g/mol. The molecule has 0 aliphatic heterocycles. The smallest absolute Gasteiger partial charge is 0.336 e. The molecule has 0 saturated heterocycles. The SMILES string of the molecule is CCc1ccccc1-c1nnc(SCC(O)COc2ccc3ccc(=O)oc3c2)nc1-c1ccccc1CC. The van der Waals surface area contributed by atoms with Crippen LogP contribution in [0.25, 0.3) is 33.5 Å². The zero-order valence-electron chi connectivity index (χ0n) is 21.8. The predicted octanol–water partition coefficient (Wildman–Crippen LogP) is 5.97. The molecule has 0 fully saturated rings. The van der Waals surface area contributed by atoms with Crippen LogP contribution >= 0.6 is 11.8 Å². The van der Waals surface area contributed by atoms with E-state index in [4.69, 9.17) is 14.1 Å². The molecule has 1 N–H and O–H groups in total. The molecule has 0 bridgehead atoms. The van der Waals surface area contributed by atoms with Crippen molar-refractivity contribution < 1.29 is 14.3 Å². The highest BCUT2D eigenvalue weighted by Gasteiger charge is 2.18. The topological polar surface area (TPSA) is 98.3 Å². The number of aryl methyl sites for hydroxylation is 2. The zero-order valence-corrected chi connectivity index (χ0v) is 22.6. The Labute approximate surface area is 230 Å². The Bertz CT molecular complexity index is 1650. The van der Waals surface area contributed by atoms with Gasteiger partial charge in [0.25, 0.3) is 0 Å². The van der Waals surface area contributed by atoms with Gasteiger partial charge in [-0.1, -0.05) is 74.1 Å². The van der Waals surface area contributed by atoms with E-state index in [1.807, 2.05) is 30.3 Å². The first-order chi connectivity index (χ1) is 19.1. The normalized spacial score (nSPS) is 12.0. The number of aliphatic hydroxyl groups is 1. The quantitative estimate of drug-likeness (QED) is 0.171. The molecule has 5 aromatic rings. The number of hydrogen-bond donors (Lipinski definition) is 1. The molecule has 0 saturated carbocycles. The number of nitrogens with zero attached hydrogens (tertiary/aromatic N) is 3. The van der Waals surface area contributed by atoms with Gasteiger partial charge in [-0.05, 0) is 42.2 Å². The summed E-state index contributed by atoms with van der Waals surface area (Å²) >= 11 is 1.33. The first kappa shape index (κ1) is 26.6. The van der Waals surface area contributed by atoms with E-state index >= 15 is 0 Å². The first-order valence-corrected chi connectivity index (χ1v) is 13.9. The summed E-state index contributed by atoms with van der Waals surface area (Å²) in [6.45, 7) is 4.32. The number of hydrogen-bond acceptors (Lipinski definition) is 8. The summed E-state index contributed by atoms with van der Waals surface area (Å²) in [4.78, 5) is 16.4.